The second-order valence-corrected chi connectivity index (χ2v) is 9.67. The molecule has 0 spiro atoms. The molecule has 2 aromatic carbocycles. The first-order chi connectivity index (χ1) is 9.82. The molecule has 0 N–H and O–H groups in total. The predicted molar refractivity (Wildman–Crippen MR) is 100 cm³/mol. The Bertz CT molecular complexity index is 683. The number of benzene rings is 2. The molecule has 0 aliphatic carbocycles. The summed E-state index contributed by atoms with van der Waals surface area (Å²) in [5, 5.41) is 2.83. The van der Waals surface area contributed by atoms with Gasteiger partial charge in [0.1, 0.15) is 0 Å². The van der Waals surface area contributed by atoms with Crippen LogP contribution >= 0.6 is 0 Å². The Hall–Kier alpha value is -1.30. The lowest BCUT2D eigenvalue weighted by molar-refractivity contribution is 0.581. The molecule has 0 aliphatic heterocycles. The van der Waals surface area contributed by atoms with Gasteiger partial charge in [0.25, 0.3) is 0 Å². The molecule has 0 radical (unpaired) electrons. The van der Waals surface area contributed by atoms with Crippen molar-refractivity contribution in [1.82, 2.24) is 0 Å². The third-order valence-electron chi connectivity index (χ3n) is 4.50. The average Bonchev–Trinajstić information content (AvgIpc) is 2.33. The van der Waals surface area contributed by atoms with E-state index in [1.54, 1.807) is 0 Å². The van der Waals surface area contributed by atoms with Crippen molar-refractivity contribution in [3.63, 3.8) is 0 Å². The molecule has 0 saturated carbocycles. The highest BCUT2D eigenvalue weighted by Gasteiger charge is 2.24. The Balaban J connectivity index is 2.89. The summed E-state index contributed by atoms with van der Waals surface area (Å²) in [6.07, 6.45) is 0. The monoisotopic (exact) mass is 296 g/mol. The first-order valence-electron chi connectivity index (χ1n) is 8.40. The maximum absolute atomic E-state index is 2.42. The Kier molecular flexibility index (Phi) is 3.97. The van der Waals surface area contributed by atoms with Crippen molar-refractivity contribution >= 4 is 10.8 Å². The van der Waals surface area contributed by atoms with Crippen molar-refractivity contribution in [3.05, 3.63) is 47.0 Å². The minimum Gasteiger partial charge on any atom is -0.0579 e. The van der Waals surface area contributed by atoms with Crippen molar-refractivity contribution in [1.29, 1.82) is 0 Å². The molecule has 0 amide bonds. The van der Waals surface area contributed by atoms with E-state index in [9.17, 15) is 0 Å². The fourth-order valence-corrected chi connectivity index (χ4v) is 3.12. The van der Waals surface area contributed by atoms with Gasteiger partial charge >= 0.3 is 0 Å². The Labute approximate surface area is 136 Å². The van der Waals surface area contributed by atoms with Crippen LogP contribution in [0.25, 0.3) is 10.8 Å². The fraction of sp³-hybridized carbons (Fsp3) is 0.545. The van der Waals surface area contributed by atoms with Crippen LogP contribution in [0.3, 0.4) is 0 Å². The van der Waals surface area contributed by atoms with Gasteiger partial charge in [0.05, 0.1) is 0 Å². The zero-order chi connectivity index (χ0) is 16.9. The summed E-state index contributed by atoms with van der Waals surface area (Å²) in [7, 11) is 0. The van der Waals surface area contributed by atoms with Crippen LogP contribution in [0.5, 0.6) is 0 Å². The Morgan fingerprint density at radius 2 is 0.955 bits per heavy atom. The van der Waals surface area contributed by atoms with Crippen LogP contribution in [0.2, 0.25) is 0 Å². The number of fused-ring (bicyclic) bond motifs is 1. The van der Waals surface area contributed by atoms with Crippen molar-refractivity contribution in [2.24, 2.45) is 0 Å². The number of hydrogen-bond donors (Lipinski definition) is 0. The van der Waals surface area contributed by atoms with Crippen molar-refractivity contribution in [3.8, 4) is 0 Å². The third kappa shape index (κ3) is 3.21. The van der Waals surface area contributed by atoms with Gasteiger partial charge in [-0.1, -0.05) is 92.6 Å². The van der Waals surface area contributed by atoms with Crippen LogP contribution < -0.4 is 0 Å². The lowest BCUT2D eigenvalue weighted by atomic mass is 9.76. The van der Waals surface area contributed by atoms with Gasteiger partial charge < -0.3 is 0 Å². The van der Waals surface area contributed by atoms with Crippen LogP contribution in [-0.4, -0.2) is 0 Å². The molecule has 0 heteroatoms. The topological polar surface area (TPSA) is 0 Å². The van der Waals surface area contributed by atoms with Gasteiger partial charge in [0.2, 0.25) is 0 Å². The Morgan fingerprint density at radius 3 is 1.36 bits per heavy atom. The largest absolute Gasteiger partial charge is 0.0579 e. The summed E-state index contributed by atoms with van der Waals surface area (Å²) >= 11 is 0. The number of rotatable bonds is 0. The summed E-state index contributed by atoms with van der Waals surface area (Å²) in [6.45, 7) is 20.7. The van der Waals surface area contributed by atoms with Gasteiger partial charge in [-0.05, 0) is 43.7 Å². The maximum Gasteiger partial charge on any atom is -0.0126 e. The lowest BCUT2D eigenvalue weighted by Crippen LogP contribution is -2.17. The first kappa shape index (κ1) is 17.1. The minimum absolute atomic E-state index is 0.158. The van der Waals surface area contributed by atoms with E-state index in [4.69, 9.17) is 0 Å². The lowest BCUT2D eigenvalue weighted by Gasteiger charge is -2.28. The minimum atomic E-state index is 0.158. The second kappa shape index (κ2) is 5.11. The highest BCUT2D eigenvalue weighted by Crippen LogP contribution is 2.38. The van der Waals surface area contributed by atoms with Crippen LogP contribution in [0.15, 0.2) is 30.3 Å². The smallest absolute Gasteiger partial charge is 0.0126 e. The maximum atomic E-state index is 2.42. The molecule has 2 aromatic rings. The highest BCUT2D eigenvalue weighted by atomic mass is 14.3. The van der Waals surface area contributed by atoms with Crippen LogP contribution in [0.4, 0.5) is 0 Å². The summed E-state index contributed by atoms with van der Waals surface area (Å²) < 4.78 is 0. The van der Waals surface area contributed by atoms with E-state index in [0.29, 0.717) is 0 Å². The molecule has 0 atom stereocenters. The quantitative estimate of drug-likeness (QED) is 0.505. The summed E-state index contributed by atoms with van der Waals surface area (Å²) in [5.74, 6) is 0. The molecule has 0 saturated heterocycles. The third-order valence-corrected chi connectivity index (χ3v) is 4.50. The molecule has 120 valence electrons. The molecular weight excluding hydrogens is 264 g/mol. The van der Waals surface area contributed by atoms with Crippen LogP contribution in [0, 0.1) is 0 Å². The van der Waals surface area contributed by atoms with E-state index in [1.807, 2.05) is 0 Å². The molecule has 0 heterocycles. The summed E-state index contributed by atoms with van der Waals surface area (Å²) in [4.78, 5) is 0. The standard InChI is InChI=1S/C22H32/c1-20(2,3)15-10-11-16-17(14-15)19(22(7,8)9)13-12-18(16)21(4,5)6/h10-14H,1-9H3. The fourth-order valence-electron chi connectivity index (χ4n) is 3.12. The van der Waals surface area contributed by atoms with Gasteiger partial charge in [-0.15, -0.1) is 0 Å². The molecule has 22 heavy (non-hydrogen) atoms. The highest BCUT2D eigenvalue weighted by molar-refractivity contribution is 5.91. The molecule has 0 unspecified atom stereocenters. The normalized spacial score (nSPS) is 13.7. The molecule has 0 bridgehead atoms. The molecule has 0 nitrogen and oxygen atoms in total. The zero-order valence-corrected chi connectivity index (χ0v) is 15.9. The van der Waals surface area contributed by atoms with Crippen LogP contribution in [-0.2, 0) is 16.2 Å². The Morgan fingerprint density at radius 1 is 0.500 bits per heavy atom. The first-order valence-corrected chi connectivity index (χ1v) is 8.40. The SMILES string of the molecule is CC(C)(C)c1ccc2c(C(C)(C)C)ccc(C(C)(C)C)c2c1. The van der Waals surface area contributed by atoms with Gasteiger partial charge in [-0.25, -0.2) is 0 Å². The van der Waals surface area contributed by atoms with E-state index in [0.717, 1.165) is 0 Å². The van der Waals surface area contributed by atoms with Gasteiger partial charge in [0, 0.05) is 0 Å². The molecule has 0 fully saturated rings. The van der Waals surface area contributed by atoms with Gasteiger partial charge in [0.15, 0.2) is 0 Å². The van der Waals surface area contributed by atoms with Crippen molar-refractivity contribution in [2.45, 2.75) is 78.6 Å². The molecule has 2 rings (SSSR count). The predicted octanol–water partition coefficient (Wildman–Crippen LogP) is 6.73. The van der Waals surface area contributed by atoms with E-state index in [-0.39, 0.29) is 16.2 Å². The van der Waals surface area contributed by atoms with E-state index < -0.39 is 0 Å². The average molecular weight is 296 g/mol. The molecule has 0 aliphatic rings. The second-order valence-electron chi connectivity index (χ2n) is 9.67. The molecule has 0 aromatic heterocycles. The van der Waals surface area contributed by atoms with Crippen molar-refractivity contribution < 1.29 is 0 Å². The molecular formula is C22H32. The zero-order valence-electron chi connectivity index (χ0n) is 15.9. The van der Waals surface area contributed by atoms with Crippen LogP contribution in [0.1, 0.15) is 79.0 Å². The van der Waals surface area contributed by atoms with Gasteiger partial charge in [-0.2, -0.15) is 0 Å². The summed E-state index contributed by atoms with van der Waals surface area (Å²) in [6, 6.07) is 11.7. The van der Waals surface area contributed by atoms with E-state index in [2.05, 4.69) is 92.6 Å². The number of hydrogen-bond acceptors (Lipinski definition) is 0. The van der Waals surface area contributed by atoms with E-state index in [1.165, 1.54) is 27.5 Å². The van der Waals surface area contributed by atoms with Gasteiger partial charge in [-0.3, -0.25) is 0 Å². The van der Waals surface area contributed by atoms with E-state index >= 15 is 0 Å². The van der Waals surface area contributed by atoms with Crippen molar-refractivity contribution in [2.75, 3.05) is 0 Å². The summed E-state index contributed by atoms with van der Waals surface area (Å²) in [5.41, 5.74) is 4.80.